The van der Waals surface area contributed by atoms with Crippen LogP contribution in [0.1, 0.15) is 10.4 Å². The molecule has 0 fully saturated rings. The molecule has 78 valence electrons. The number of nitrogens with zero attached hydrogens (tertiary/aromatic N) is 2. The molecule has 0 saturated carbocycles. The van der Waals surface area contributed by atoms with E-state index in [4.69, 9.17) is 9.52 Å². The van der Waals surface area contributed by atoms with Crippen LogP contribution in [-0.2, 0) is 0 Å². The lowest BCUT2D eigenvalue weighted by molar-refractivity contribution is 0.0699. The summed E-state index contributed by atoms with van der Waals surface area (Å²) < 4.78 is 5.48. The van der Waals surface area contributed by atoms with Gasteiger partial charge < -0.3 is 9.52 Å². The van der Waals surface area contributed by atoms with E-state index in [9.17, 15) is 4.79 Å². The zero-order valence-corrected chi connectivity index (χ0v) is 8.04. The van der Waals surface area contributed by atoms with Gasteiger partial charge in [0.2, 0.25) is 0 Å². The molecule has 1 N–H and O–H groups in total. The normalized spacial score (nSPS) is 11.0. The van der Waals surface area contributed by atoms with E-state index in [-0.39, 0.29) is 5.56 Å². The fourth-order valence-corrected chi connectivity index (χ4v) is 1.77. The maximum absolute atomic E-state index is 11.1. The van der Waals surface area contributed by atoms with Crippen LogP contribution in [0.4, 0.5) is 0 Å². The maximum Gasteiger partial charge on any atom is 0.336 e. The summed E-state index contributed by atoms with van der Waals surface area (Å²) in [4.78, 5) is 11.1. The molecule has 0 aliphatic rings. The molecule has 2 heterocycles. The van der Waals surface area contributed by atoms with Crippen molar-refractivity contribution in [2.75, 3.05) is 0 Å². The molecule has 0 aliphatic carbocycles. The molecule has 5 heteroatoms. The van der Waals surface area contributed by atoms with Gasteiger partial charge in [-0.25, -0.2) is 4.79 Å². The lowest BCUT2D eigenvalue weighted by atomic mass is 10.1. The van der Waals surface area contributed by atoms with Gasteiger partial charge in [-0.2, -0.15) is 10.2 Å². The van der Waals surface area contributed by atoms with E-state index in [1.165, 1.54) is 12.4 Å². The van der Waals surface area contributed by atoms with Crippen molar-refractivity contribution in [1.82, 2.24) is 10.2 Å². The summed E-state index contributed by atoms with van der Waals surface area (Å²) in [5.74, 6) is -0.981. The Morgan fingerprint density at radius 2 is 2.00 bits per heavy atom. The summed E-state index contributed by atoms with van der Waals surface area (Å²) in [5.41, 5.74) is 1.28. The molecule has 3 rings (SSSR count). The Labute approximate surface area is 89.3 Å². The predicted octanol–water partition coefficient (Wildman–Crippen LogP) is 2.07. The first kappa shape index (κ1) is 8.84. The molecule has 0 aliphatic heterocycles. The van der Waals surface area contributed by atoms with Crippen LogP contribution in [0, 0.1) is 0 Å². The summed E-state index contributed by atoms with van der Waals surface area (Å²) in [6.07, 6.45) is 2.98. The van der Waals surface area contributed by atoms with Crippen LogP contribution < -0.4 is 0 Å². The lowest BCUT2D eigenvalue weighted by Crippen LogP contribution is -1.96. The van der Waals surface area contributed by atoms with Crippen molar-refractivity contribution in [2.24, 2.45) is 0 Å². The summed E-state index contributed by atoms with van der Waals surface area (Å²) in [7, 11) is 0. The first-order valence-electron chi connectivity index (χ1n) is 4.62. The molecule has 0 bridgehead atoms. The molecule has 3 aromatic rings. The van der Waals surface area contributed by atoms with Gasteiger partial charge in [0, 0.05) is 5.39 Å². The van der Waals surface area contributed by atoms with Gasteiger partial charge in [0.25, 0.3) is 0 Å². The zero-order chi connectivity index (χ0) is 11.1. The van der Waals surface area contributed by atoms with E-state index >= 15 is 0 Å². The van der Waals surface area contributed by atoms with Crippen LogP contribution in [0.5, 0.6) is 0 Å². The molecule has 1 aromatic carbocycles. The van der Waals surface area contributed by atoms with Gasteiger partial charge in [-0.15, -0.1) is 0 Å². The van der Waals surface area contributed by atoms with Crippen LogP contribution in [0.25, 0.3) is 21.9 Å². The highest BCUT2D eigenvalue weighted by molar-refractivity contribution is 6.14. The summed E-state index contributed by atoms with van der Waals surface area (Å²) in [5, 5.41) is 17.7. The number of hydrogen-bond acceptors (Lipinski definition) is 4. The first-order chi connectivity index (χ1) is 7.77. The molecule has 0 saturated heterocycles. The quantitative estimate of drug-likeness (QED) is 0.671. The molecule has 16 heavy (non-hydrogen) atoms. The number of rotatable bonds is 1. The van der Waals surface area contributed by atoms with Gasteiger partial charge in [-0.05, 0) is 12.1 Å². The van der Waals surface area contributed by atoms with E-state index in [2.05, 4.69) is 10.2 Å². The molecular formula is C11H6N2O3. The van der Waals surface area contributed by atoms with Gasteiger partial charge in [0.1, 0.15) is 5.58 Å². The highest BCUT2D eigenvalue weighted by Gasteiger charge is 2.14. The molecular weight excluding hydrogens is 208 g/mol. The number of furan rings is 1. The average molecular weight is 214 g/mol. The number of carboxylic acids is 1. The van der Waals surface area contributed by atoms with Gasteiger partial charge in [-0.1, -0.05) is 6.07 Å². The number of fused-ring (bicyclic) bond motifs is 3. The first-order valence-corrected chi connectivity index (χ1v) is 4.62. The Morgan fingerprint density at radius 1 is 1.19 bits per heavy atom. The van der Waals surface area contributed by atoms with Crippen molar-refractivity contribution in [1.29, 1.82) is 0 Å². The topological polar surface area (TPSA) is 76.2 Å². The minimum Gasteiger partial charge on any atom is -0.478 e. The second-order valence-electron chi connectivity index (χ2n) is 3.35. The third-order valence-corrected chi connectivity index (χ3v) is 2.44. The number of carboxylic acid groups (broad SMARTS) is 1. The standard InChI is InChI=1S/C11H6N2O3/c14-11(15)6-2-1-3-8-10(6)7-4-12-13-5-9(7)16-8/h1-5H,(H,14,15). The fraction of sp³-hybridized carbons (Fsp3) is 0. The SMILES string of the molecule is O=C(O)c1cccc2oc3cnncc3c12. The van der Waals surface area contributed by atoms with Crippen LogP contribution in [0.3, 0.4) is 0 Å². The Morgan fingerprint density at radius 3 is 2.81 bits per heavy atom. The number of hydrogen-bond donors (Lipinski definition) is 1. The second kappa shape index (κ2) is 3.03. The Bertz CT molecular complexity index is 703. The zero-order valence-electron chi connectivity index (χ0n) is 8.04. The lowest BCUT2D eigenvalue weighted by Gasteiger charge is -1.95. The Balaban J connectivity index is 2.57. The van der Waals surface area contributed by atoms with E-state index in [0.717, 1.165) is 0 Å². The minimum atomic E-state index is -0.981. The van der Waals surface area contributed by atoms with E-state index < -0.39 is 5.97 Å². The molecule has 0 amide bonds. The summed E-state index contributed by atoms with van der Waals surface area (Å²) in [6.45, 7) is 0. The van der Waals surface area contributed by atoms with E-state index in [0.29, 0.717) is 21.9 Å². The molecule has 2 aromatic heterocycles. The van der Waals surface area contributed by atoms with Crippen molar-refractivity contribution in [3.8, 4) is 0 Å². The van der Waals surface area contributed by atoms with Gasteiger partial charge in [0.05, 0.1) is 23.3 Å². The number of carbonyl (C=O) groups is 1. The highest BCUT2D eigenvalue weighted by atomic mass is 16.4. The average Bonchev–Trinajstić information content (AvgIpc) is 2.66. The third kappa shape index (κ3) is 1.08. The van der Waals surface area contributed by atoms with Crippen LogP contribution in [0.15, 0.2) is 35.0 Å². The molecule has 0 spiro atoms. The smallest absolute Gasteiger partial charge is 0.336 e. The molecule has 5 nitrogen and oxygen atoms in total. The number of aromatic nitrogens is 2. The van der Waals surface area contributed by atoms with E-state index in [1.807, 2.05) is 0 Å². The fourth-order valence-electron chi connectivity index (χ4n) is 1.77. The number of benzene rings is 1. The van der Waals surface area contributed by atoms with Crippen molar-refractivity contribution in [2.45, 2.75) is 0 Å². The van der Waals surface area contributed by atoms with Gasteiger partial charge >= 0.3 is 5.97 Å². The minimum absolute atomic E-state index is 0.212. The summed E-state index contributed by atoms with van der Waals surface area (Å²) >= 11 is 0. The van der Waals surface area contributed by atoms with Crippen molar-refractivity contribution in [3.05, 3.63) is 36.2 Å². The molecule has 0 unspecified atom stereocenters. The second-order valence-corrected chi connectivity index (χ2v) is 3.35. The predicted molar refractivity (Wildman–Crippen MR) is 56.3 cm³/mol. The largest absolute Gasteiger partial charge is 0.478 e. The highest BCUT2D eigenvalue weighted by Crippen LogP contribution is 2.29. The molecule has 0 radical (unpaired) electrons. The maximum atomic E-state index is 11.1. The molecule has 0 atom stereocenters. The Hall–Kier alpha value is -2.43. The van der Waals surface area contributed by atoms with E-state index in [1.54, 1.807) is 18.2 Å². The van der Waals surface area contributed by atoms with Gasteiger partial charge in [0.15, 0.2) is 5.58 Å². The van der Waals surface area contributed by atoms with Crippen LogP contribution in [-0.4, -0.2) is 21.3 Å². The van der Waals surface area contributed by atoms with Crippen LogP contribution >= 0.6 is 0 Å². The van der Waals surface area contributed by atoms with Crippen molar-refractivity contribution in [3.63, 3.8) is 0 Å². The monoisotopic (exact) mass is 214 g/mol. The number of aromatic carboxylic acids is 1. The third-order valence-electron chi connectivity index (χ3n) is 2.44. The van der Waals surface area contributed by atoms with Crippen LogP contribution in [0.2, 0.25) is 0 Å². The van der Waals surface area contributed by atoms with Crippen molar-refractivity contribution < 1.29 is 14.3 Å². The van der Waals surface area contributed by atoms with Crippen molar-refractivity contribution >= 4 is 27.9 Å². The Kier molecular flexibility index (Phi) is 1.67. The van der Waals surface area contributed by atoms with Gasteiger partial charge in [-0.3, -0.25) is 0 Å². The summed E-state index contributed by atoms with van der Waals surface area (Å²) in [6, 6.07) is 4.91.